The normalized spacial score (nSPS) is 11.0. The first-order valence-electron chi connectivity index (χ1n) is 6.99. The van der Waals surface area contributed by atoms with Gasteiger partial charge in [0.05, 0.1) is 23.1 Å². The standard InChI is InChI=1S/C15H21N3O3S/c1-11(2)10-22(20,21)7-6-17-15(19)18-14-5-4-12(3)13(8-14)9-16/h4-5,8,11H,6-7,10H2,1-3H3,(H2,17,18,19). The van der Waals surface area contributed by atoms with Gasteiger partial charge < -0.3 is 10.6 Å². The average Bonchev–Trinajstić information content (AvgIpc) is 2.39. The molecule has 0 aliphatic rings. The van der Waals surface area contributed by atoms with Gasteiger partial charge in [0.25, 0.3) is 0 Å². The summed E-state index contributed by atoms with van der Waals surface area (Å²) >= 11 is 0. The van der Waals surface area contributed by atoms with Gasteiger partial charge in [-0.1, -0.05) is 19.9 Å². The minimum absolute atomic E-state index is 0.0534. The van der Waals surface area contributed by atoms with Gasteiger partial charge in [-0.3, -0.25) is 0 Å². The van der Waals surface area contributed by atoms with E-state index < -0.39 is 15.9 Å². The van der Waals surface area contributed by atoms with E-state index in [1.54, 1.807) is 18.2 Å². The van der Waals surface area contributed by atoms with Gasteiger partial charge >= 0.3 is 6.03 Å². The van der Waals surface area contributed by atoms with Crippen LogP contribution in [0.15, 0.2) is 18.2 Å². The number of aryl methyl sites for hydroxylation is 1. The lowest BCUT2D eigenvalue weighted by molar-refractivity contribution is 0.252. The number of benzene rings is 1. The molecule has 0 saturated heterocycles. The summed E-state index contributed by atoms with van der Waals surface area (Å²) in [6.07, 6.45) is 0. The van der Waals surface area contributed by atoms with Crippen LogP contribution in [0.1, 0.15) is 25.0 Å². The van der Waals surface area contributed by atoms with Crippen molar-refractivity contribution in [3.8, 4) is 6.07 Å². The van der Waals surface area contributed by atoms with E-state index in [2.05, 4.69) is 10.6 Å². The Bertz CT molecular complexity index is 676. The van der Waals surface area contributed by atoms with Crippen molar-refractivity contribution >= 4 is 21.6 Å². The number of carbonyl (C=O) groups excluding carboxylic acids is 1. The van der Waals surface area contributed by atoms with Crippen molar-refractivity contribution in [2.24, 2.45) is 5.92 Å². The third-order valence-electron chi connectivity index (χ3n) is 2.90. The first kappa shape index (κ1) is 18.0. The van der Waals surface area contributed by atoms with Crippen molar-refractivity contribution < 1.29 is 13.2 Å². The summed E-state index contributed by atoms with van der Waals surface area (Å²) in [5, 5.41) is 14.0. The molecule has 0 unspecified atom stereocenters. The minimum atomic E-state index is -3.15. The molecule has 0 aliphatic heterocycles. The summed E-state index contributed by atoms with van der Waals surface area (Å²) in [6.45, 7) is 5.53. The number of anilines is 1. The van der Waals surface area contributed by atoms with Crippen LogP contribution in [-0.2, 0) is 9.84 Å². The molecule has 7 heteroatoms. The summed E-state index contributed by atoms with van der Waals surface area (Å²) in [4.78, 5) is 11.7. The lowest BCUT2D eigenvalue weighted by Gasteiger charge is -2.10. The Labute approximate surface area is 131 Å². The number of nitriles is 1. The van der Waals surface area contributed by atoms with E-state index in [0.29, 0.717) is 11.3 Å². The molecule has 2 amide bonds. The fourth-order valence-electron chi connectivity index (χ4n) is 1.91. The topological polar surface area (TPSA) is 99.1 Å². The maximum atomic E-state index is 11.7. The van der Waals surface area contributed by atoms with Crippen LogP contribution in [0.3, 0.4) is 0 Å². The van der Waals surface area contributed by atoms with Gasteiger partial charge in [-0.25, -0.2) is 13.2 Å². The Balaban J connectivity index is 2.49. The zero-order valence-electron chi connectivity index (χ0n) is 13.0. The number of amides is 2. The molecular formula is C15H21N3O3S. The molecule has 1 rings (SSSR count). The van der Waals surface area contributed by atoms with Gasteiger partial charge in [0, 0.05) is 12.2 Å². The molecule has 1 aromatic carbocycles. The van der Waals surface area contributed by atoms with Crippen LogP contribution in [-0.4, -0.2) is 32.5 Å². The van der Waals surface area contributed by atoms with E-state index in [1.165, 1.54) is 0 Å². The van der Waals surface area contributed by atoms with E-state index in [1.807, 2.05) is 26.8 Å². The van der Waals surface area contributed by atoms with Gasteiger partial charge in [0.1, 0.15) is 0 Å². The molecule has 0 spiro atoms. The fourth-order valence-corrected chi connectivity index (χ4v) is 3.50. The van der Waals surface area contributed by atoms with Crippen LogP contribution in [0.2, 0.25) is 0 Å². The highest BCUT2D eigenvalue weighted by Crippen LogP contribution is 2.14. The Hall–Kier alpha value is -2.07. The number of hydrogen-bond donors (Lipinski definition) is 2. The number of hydrogen-bond acceptors (Lipinski definition) is 4. The van der Waals surface area contributed by atoms with Crippen molar-refractivity contribution in [2.75, 3.05) is 23.4 Å². The molecule has 0 aliphatic carbocycles. The van der Waals surface area contributed by atoms with Crippen molar-refractivity contribution in [1.29, 1.82) is 5.26 Å². The number of urea groups is 1. The van der Waals surface area contributed by atoms with Crippen molar-refractivity contribution in [3.05, 3.63) is 29.3 Å². The molecule has 1 aromatic rings. The highest BCUT2D eigenvalue weighted by atomic mass is 32.2. The smallest absolute Gasteiger partial charge is 0.319 e. The zero-order chi connectivity index (χ0) is 16.8. The number of sulfone groups is 1. The SMILES string of the molecule is Cc1ccc(NC(=O)NCCS(=O)(=O)CC(C)C)cc1C#N. The van der Waals surface area contributed by atoms with Gasteiger partial charge in [0.15, 0.2) is 9.84 Å². The van der Waals surface area contributed by atoms with Crippen molar-refractivity contribution in [3.63, 3.8) is 0 Å². The molecule has 0 bridgehead atoms. The molecule has 6 nitrogen and oxygen atoms in total. The van der Waals surface area contributed by atoms with Crippen molar-refractivity contribution in [2.45, 2.75) is 20.8 Å². The van der Waals surface area contributed by atoms with Gasteiger partial charge in [-0.05, 0) is 30.5 Å². The Morgan fingerprint density at radius 1 is 1.36 bits per heavy atom. The van der Waals surface area contributed by atoms with Crippen LogP contribution in [0.5, 0.6) is 0 Å². The molecule has 0 heterocycles. The predicted molar refractivity (Wildman–Crippen MR) is 86.4 cm³/mol. The first-order valence-corrected chi connectivity index (χ1v) is 8.81. The van der Waals surface area contributed by atoms with Crippen LogP contribution in [0.25, 0.3) is 0 Å². The Morgan fingerprint density at radius 2 is 2.05 bits per heavy atom. The highest BCUT2D eigenvalue weighted by molar-refractivity contribution is 7.91. The lowest BCUT2D eigenvalue weighted by Crippen LogP contribution is -2.33. The molecule has 22 heavy (non-hydrogen) atoms. The van der Waals surface area contributed by atoms with Crippen LogP contribution in [0, 0.1) is 24.2 Å². The lowest BCUT2D eigenvalue weighted by atomic mass is 10.1. The molecule has 0 radical (unpaired) electrons. The molecule has 0 aromatic heterocycles. The molecule has 0 fully saturated rings. The van der Waals surface area contributed by atoms with Crippen LogP contribution in [0.4, 0.5) is 10.5 Å². The van der Waals surface area contributed by atoms with Gasteiger partial charge in [-0.15, -0.1) is 0 Å². The summed E-state index contributed by atoms with van der Waals surface area (Å²) < 4.78 is 23.4. The molecule has 2 N–H and O–H groups in total. The zero-order valence-corrected chi connectivity index (χ0v) is 13.8. The van der Waals surface area contributed by atoms with E-state index in [-0.39, 0.29) is 24.0 Å². The Kier molecular flexibility index (Phi) is 6.38. The van der Waals surface area contributed by atoms with Crippen molar-refractivity contribution in [1.82, 2.24) is 5.32 Å². The number of nitrogens with one attached hydrogen (secondary N) is 2. The van der Waals surface area contributed by atoms with Crippen LogP contribution < -0.4 is 10.6 Å². The van der Waals surface area contributed by atoms with Crippen LogP contribution >= 0.6 is 0 Å². The minimum Gasteiger partial charge on any atom is -0.337 e. The third kappa shape index (κ3) is 6.14. The fraction of sp³-hybridized carbons (Fsp3) is 0.467. The highest BCUT2D eigenvalue weighted by Gasteiger charge is 2.13. The second kappa shape index (κ2) is 7.80. The summed E-state index contributed by atoms with van der Waals surface area (Å²) in [7, 11) is -3.15. The van der Waals surface area contributed by atoms with Gasteiger partial charge in [0.2, 0.25) is 0 Å². The molecule has 0 saturated carbocycles. The summed E-state index contributed by atoms with van der Waals surface area (Å²) in [5.41, 5.74) is 1.80. The second-order valence-corrected chi connectivity index (χ2v) is 7.76. The second-order valence-electron chi connectivity index (χ2n) is 5.53. The number of rotatable bonds is 6. The largest absolute Gasteiger partial charge is 0.337 e. The van der Waals surface area contributed by atoms with E-state index in [9.17, 15) is 13.2 Å². The maximum absolute atomic E-state index is 11.7. The summed E-state index contributed by atoms with van der Waals surface area (Å²) in [6, 6.07) is 6.54. The Morgan fingerprint density at radius 3 is 2.64 bits per heavy atom. The number of carbonyl (C=O) groups is 1. The third-order valence-corrected chi connectivity index (χ3v) is 4.90. The monoisotopic (exact) mass is 323 g/mol. The van der Waals surface area contributed by atoms with E-state index >= 15 is 0 Å². The first-order chi connectivity index (χ1) is 10.2. The quantitative estimate of drug-likeness (QED) is 0.837. The molecule has 120 valence electrons. The average molecular weight is 323 g/mol. The van der Waals surface area contributed by atoms with Gasteiger partial charge in [-0.2, -0.15) is 5.26 Å². The predicted octanol–water partition coefficient (Wildman–Crippen LogP) is 2.06. The van der Waals surface area contributed by atoms with E-state index in [4.69, 9.17) is 5.26 Å². The van der Waals surface area contributed by atoms with E-state index in [0.717, 1.165) is 5.56 Å². The maximum Gasteiger partial charge on any atom is 0.319 e. The summed E-state index contributed by atoms with van der Waals surface area (Å²) in [5.74, 6) is 0.0891. The number of nitrogens with zero attached hydrogens (tertiary/aromatic N) is 1. The molecule has 0 atom stereocenters. The molecular weight excluding hydrogens is 302 g/mol.